The maximum Gasteiger partial charge on any atom is 0.272 e. The van der Waals surface area contributed by atoms with Crippen molar-refractivity contribution < 1.29 is 9.45 Å². The van der Waals surface area contributed by atoms with Crippen LogP contribution >= 0.6 is 0 Å². The Morgan fingerprint density at radius 3 is 2.89 bits per heavy atom. The van der Waals surface area contributed by atoms with Gasteiger partial charge in [0.2, 0.25) is 0 Å². The molecule has 0 aliphatic heterocycles. The van der Waals surface area contributed by atoms with Gasteiger partial charge in [0.1, 0.15) is 6.26 Å². The van der Waals surface area contributed by atoms with Crippen molar-refractivity contribution in [3.8, 4) is 0 Å². The molecule has 0 unspecified atom stereocenters. The number of aromatic nitrogens is 1. The third kappa shape index (κ3) is 3.14. The fraction of sp³-hybridized carbons (Fsp3) is 0.250. The average Bonchev–Trinajstić information content (AvgIpc) is 2.88. The molecule has 0 amide bonds. The zero-order valence-electron chi connectivity index (χ0n) is 9.70. The van der Waals surface area contributed by atoms with E-state index in [0.29, 0.717) is 19.5 Å². The van der Waals surface area contributed by atoms with Crippen molar-refractivity contribution in [3.05, 3.63) is 58.0 Å². The normalized spacial score (nSPS) is 10.4. The smallest absolute Gasteiger partial charge is 0.272 e. The number of rotatable bonds is 6. The first-order chi connectivity index (χ1) is 8.77. The number of hydrogen-bond acceptors (Lipinski definition) is 5. The van der Waals surface area contributed by atoms with E-state index in [9.17, 15) is 10.1 Å². The molecule has 0 radical (unpaired) electrons. The summed E-state index contributed by atoms with van der Waals surface area (Å²) in [6, 6.07) is 8.55. The van der Waals surface area contributed by atoms with Crippen LogP contribution in [0.2, 0.25) is 0 Å². The van der Waals surface area contributed by atoms with Crippen LogP contribution in [0.25, 0.3) is 0 Å². The maximum atomic E-state index is 10.8. The van der Waals surface area contributed by atoms with Gasteiger partial charge in [-0.3, -0.25) is 10.1 Å². The standard InChI is InChI=1S/C12H13N3O3/c16-15(17)12-4-2-1-3-10(12)5-7-13-9-11-6-8-18-14-11/h1-4,6,8,13H,5,7,9H2. The third-order valence-corrected chi connectivity index (χ3v) is 2.56. The Morgan fingerprint density at radius 2 is 2.17 bits per heavy atom. The number of nitrogens with zero attached hydrogens (tertiary/aromatic N) is 2. The molecule has 0 atom stereocenters. The summed E-state index contributed by atoms with van der Waals surface area (Å²) in [5.41, 5.74) is 1.72. The highest BCUT2D eigenvalue weighted by Gasteiger charge is 2.11. The number of hydrogen-bond donors (Lipinski definition) is 1. The largest absolute Gasteiger partial charge is 0.364 e. The van der Waals surface area contributed by atoms with E-state index in [1.165, 1.54) is 12.3 Å². The molecule has 2 rings (SSSR count). The zero-order valence-corrected chi connectivity index (χ0v) is 9.70. The van der Waals surface area contributed by atoms with Gasteiger partial charge in [-0.2, -0.15) is 0 Å². The molecular weight excluding hydrogens is 234 g/mol. The summed E-state index contributed by atoms with van der Waals surface area (Å²) < 4.78 is 4.70. The van der Waals surface area contributed by atoms with Gasteiger partial charge in [0.25, 0.3) is 5.69 Å². The molecular formula is C12H13N3O3. The molecule has 6 nitrogen and oxygen atoms in total. The Kier molecular flexibility index (Phi) is 4.03. The minimum absolute atomic E-state index is 0.167. The lowest BCUT2D eigenvalue weighted by molar-refractivity contribution is -0.385. The Balaban J connectivity index is 1.85. The van der Waals surface area contributed by atoms with Crippen LogP contribution in [0, 0.1) is 10.1 Å². The van der Waals surface area contributed by atoms with Gasteiger partial charge in [-0.05, 0) is 13.0 Å². The van der Waals surface area contributed by atoms with E-state index in [1.54, 1.807) is 24.3 Å². The van der Waals surface area contributed by atoms with Gasteiger partial charge < -0.3 is 9.84 Å². The maximum absolute atomic E-state index is 10.8. The van der Waals surface area contributed by atoms with Gasteiger partial charge in [-0.15, -0.1) is 0 Å². The van der Waals surface area contributed by atoms with Gasteiger partial charge in [-0.1, -0.05) is 23.4 Å². The molecule has 94 valence electrons. The first kappa shape index (κ1) is 12.3. The molecule has 0 aliphatic carbocycles. The third-order valence-electron chi connectivity index (χ3n) is 2.56. The van der Waals surface area contributed by atoms with Crippen molar-refractivity contribution in [1.82, 2.24) is 10.5 Å². The summed E-state index contributed by atoms with van der Waals surface area (Å²) in [5.74, 6) is 0. The first-order valence-corrected chi connectivity index (χ1v) is 5.59. The summed E-state index contributed by atoms with van der Waals surface area (Å²) in [5, 5.41) is 17.7. The van der Waals surface area contributed by atoms with Crippen LogP contribution in [0.15, 0.2) is 41.1 Å². The van der Waals surface area contributed by atoms with E-state index in [-0.39, 0.29) is 10.6 Å². The minimum Gasteiger partial charge on any atom is -0.364 e. The molecule has 1 heterocycles. The predicted molar refractivity (Wildman–Crippen MR) is 65.0 cm³/mol. The van der Waals surface area contributed by atoms with E-state index >= 15 is 0 Å². The van der Waals surface area contributed by atoms with Crippen molar-refractivity contribution >= 4 is 5.69 Å². The van der Waals surface area contributed by atoms with E-state index in [1.807, 2.05) is 0 Å². The fourth-order valence-corrected chi connectivity index (χ4v) is 1.67. The predicted octanol–water partition coefficient (Wildman–Crippen LogP) is 1.92. The molecule has 1 aromatic heterocycles. The number of benzene rings is 1. The Morgan fingerprint density at radius 1 is 1.33 bits per heavy atom. The molecule has 6 heteroatoms. The molecule has 1 aromatic carbocycles. The van der Waals surface area contributed by atoms with E-state index in [2.05, 4.69) is 10.5 Å². The molecule has 0 aliphatic rings. The van der Waals surface area contributed by atoms with E-state index in [4.69, 9.17) is 4.52 Å². The topological polar surface area (TPSA) is 81.2 Å². The second-order valence-electron chi connectivity index (χ2n) is 3.80. The fourth-order valence-electron chi connectivity index (χ4n) is 1.67. The summed E-state index contributed by atoms with van der Waals surface area (Å²) in [6.07, 6.45) is 2.12. The monoisotopic (exact) mass is 247 g/mol. The summed E-state index contributed by atoms with van der Waals surface area (Å²) >= 11 is 0. The second kappa shape index (κ2) is 5.92. The van der Waals surface area contributed by atoms with Crippen molar-refractivity contribution in [2.45, 2.75) is 13.0 Å². The van der Waals surface area contributed by atoms with Crippen molar-refractivity contribution in [1.29, 1.82) is 0 Å². The van der Waals surface area contributed by atoms with Gasteiger partial charge in [0.05, 0.1) is 10.6 Å². The van der Waals surface area contributed by atoms with Crippen LogP contribution in [0.4, 0.5) is 5.69 Å². The van der Waals surface area contributed by atoms with Gasteiger partial charge in [-0.25, -0.2) is 0 Å². The Bertz CT molecular complexity index is 511. The molecule has 0 fully saturated rings. The average molecular weight is 247 g/mol. The van der Waals surface area contributed by atoms with Crippen molar-refractivity contribution in [2.24, 2.45) is 0 Å². The summed E-state index contributed by atoms with van der Waals surface area (Å²) in [4.78, 5) is 10.4. The Labute approximate surface area is 104 Å². The lowest BCUT2D eigenvalue weighted by Gasteiger charge is -2.03. The summed E-state index contributed by atoms with van der Waals surface area (Å²) in [6.45, 7) is 1.24. The van der Waals surface area contributed by atoms with Crippen molar-refractivity contribution in [2.75, 3.05) is 6.54 Å². The van der Waals surface area contributed by atoms with Crippen LogP contribution in [-0.4, -0.2) is 16.6 Å². The summed E-state index contributed by atoms with van der Waals surface area (Å²) in [7, 11) is 0. The van der Waals surface area contributed by atoms with Gasteiger partial charge in [0.15, 0.2) is 0 Å². The first-order valence-electron chi connectivity index (χ1n) is 5.59. The zero-order chi connectivity index (χ0) is 12.8. The number of nitro benzene ring substituents is 1. The van der Waals surface area contributed by atoms with E-state index in [0.717, 1.165) is 11.3 Å². The molecule has 0 saturated heterocycles. The molecule has 1 N–H and O–H groups in total. The van der Waals surface area contributed by atoms with Gasteiger partial charge in [0, 0.05) is 24.2 Å². The van der Waals surface area contributed by atoms with Crippen molar-refractivity contribution in [3.63, 3.8) is 0 Å². The lowest BCUT2D eigenvalue weighted by Crippen LogP contribution is -2.17. The minimum atomic E-state index is -0.354. The van der Waals surface area contributed by atoms with Crippen LogP contribution in [-0.2, 0) is 13.0 Å². The molecule has 0 spiro atoms. The van der Waals surface area contributed by atoms with Gasteiger partial charge >= 0.3 is 0 Å². The molecule has 0 saturated carbocycles. The molecule has 18 heavy (non-hydrogen) atoms. The van der Waals surface area contributed by atoms with E-state index < -0.39 is 0 Å². The highest BCUT2D eigenvalue weighted by molar-refractivity contribution is 5.39. The highest BCUT2D eigenvalue weighted by atomic mass is 16.6. The second-order valence-corrected chi connectivity index (χ2v) is 3.80. The molecule has 0 bridgehead atoms. The lowest BCUT2D eigenvalue weighted by atomic mass is 10.1. The SMILES string of the molecule is O=[N+]([O-])c1ccccc1CCNCc1ccon1. The van der Waals surface area contributed by atoms with Crippen LogP contribution in [0.5, 0.6) is 0 Å². The quantitative estimate of drug-likeness (QED) is 0.479. The highest BCUT2D eigenvalue weighted by Crippen LogP contribution is 2.17. The van der Waals surface area contributed by atoms with Crippen LogP contribution < -0.4 is 5.32 Å². The number of para-hydroxylation sites is 1. The van der Waals surface area contributed by atoms with Crippen LogP contribution in [0.1, 0.15) is 11.3 Å². The number of nitro groups is 1. The Hall–Kier alpha value is -2.21. The van der Waals surface area contributed by atoms with Crippen LogP contribution in [0.3, 0.4) is 0 Å². The number of nitrogens with one attached hydrogen (secondary N) is 1. The molecule has 2 aromatic rings.